The predicted octanol–water partition coefficient (Wildman–Crippen LogP) is 4.28. The number of aromatic nitrogens is 7. The van der Waals surface area contributed by atoms with Crippen molar-refractivity contribution in [2.45, 2.75) is 25.0 Å². The van der Waals surface area contributed by atoms with Crippen molar-refractivity contribution >= 4 is 23.1 Å². The molecule has 0 fully saturated rings. The van der Waals surface area contributed by atoms with E-state index >= 15 is 0 Å². The van der Waals surface area contributed by atoms with Crippen molar-refractivity contribution in [3.8, 4) is 22.6 Å². The maximum Gasteiger partial charge on any atom is 0.173 e. The van der Waals surface area contributed by atoms with Crippen LogP contribution in [0.25, 0.3) is 22.6 Å². The highest BCUT2D eigenvalue weighted by molar-refractivity contribution is 7.05. The lowest BCUT2D eigenvalue weighted by Crippen LogP contribution is -2.38. The standard InChI is InChI=1S/C22H17F2N7OS2/c1-13(22(32,10-31-12-25-11-26-31)17-8-16(23)6-7-18(17)24)21-27-20(29-34-21)15-4-2-14(3-5-15)19-9-33-30-28-19/h2-9,11-13,32H,10H2,1H3/t13-,22+/m0/s1. The van der Waals surface area contributed by atoms with Gasteiger partial charge in [0.1, 0.15) is 40.6 Å². The fraction of sp³-hybridized carbons (Fsp3) is 0.182. The minimum atomic E-state index is -1.86. The van der Waals surface area contributed by atoms with E-state index in [4.69, 9.17) is 0 Å². The smallest absolute Gasteiger partial charge is 0.173 e. The Hall–Kier alpha value is -3.48. The summed E-state index contributed by atoms with van der Waals surface area (Å²) in [7, 11) is 0. The van der Waals surface area contributed by atoms with E-state index in [1.165, 1.54) is 28.9 Å². The molecule has 5 rings (SSSR count). The summed E-state index contributed by atoms with van der Waals surface area (Å²) < 4.78 is 38.5. The first-order valence-corrected chi connectivity index (χ1v) is 11.8. The van der Waals surface area contributed by atoms with E-state index in [-0.39, 0.29) is 12.1 Å². The van der Waals surface area contributed by atoms with Crippen molar-refractivity contribution in [3.05, 3.63) is 82.7 Å². The average molecular weight is 498 g/mol. The molecule has 0 spiro atoms. The molecule has 172 valence electrons. The Kier molecular flexibility index (Phi) is 5.94. The number of hydrogen-bond acceptors (Lipinski definition) is 9. The van der Waals surface area contributed by atoms with Crippen LogP contribution in [0.15, 0.2) is 60.5 Å². The number of nitrogens with zero attached hydrogens (tertiary/aromatic N) is 7. The molecule has 2 atom stereocenters. The largest absolute Gasteiger partial charge is 0.382 e. The van der Waals surface area contributed by atoms with Gasteiger partial charge in [-0.05, 0) is 41.3 Å². The van der Waals surface area contributed by atoms with Crippen molar-refractivity contribution in [2.75, 3.05) is 0 Å². The van der Waals surface area contributed by atoms with Crippen LogP contribution < -0.4 is 0 Å². The molecule has 1 N–H and O–H groups in total. The fourth-order valence-corrected chi connectivity index (χ4v) is 4.93. The first-order chi connectivity index (χ1) is 16.4. The Morgan fingerprint density at radius 1 is 1.12 bits per heavy atom. The van der Waals surface area contributed by atoms with Gasteiger partial charge in [-0.2, -0.15) is 9.47 Å². The molecule has 34 heavy (non-hydrogen) atoms. The molecule has 0 amide bonds. The highest BCUT2D eigenvalue weighted by atomic mass is 32.1. The normalized spacial score (nSPS) is 14.1. The van der Waals surface area contributed by atoms with Crippen LogP contribution in [0.3, 0.4) is 0 Å². The first kappa shape index (κ1) is 22.3. The Labute approximate surface area is 200 Å². The van der Waals surface area contributed by atoms with E-state index in [9.17, 15) is 13.9 Å². The molecule has 12 heteroatoms. The van der Waals surface area contributed by atoms with Gasteiger partial charge in [0.2, 0.25) is 0 Å². The summed E-state index contributed by atoms with van der Waals surface area (Å²) in [5.74, 6) is -1.65. The summed E-state index contributed by atoms with van der Waals surface area (Å²) in [6, 6.07) is 10.6. The van der Waals surface area contributed by atoms with Crippen LogP contribution in [0.5, 0.6) is 0 Å². The minimum Gasteiger partial charge on any atom is -0.382 e. The van der Waals surface area contributed by atoms with Crippen molar-refractivity contribution in [1.82, 2.24) is 33.7 Å². The molecule has 0 saturated heterocycles. The van der Waals surface area contributed by atoms with Crippen molar-refractivity contribution in [1.29, 1.82) is 0 Å². The lowest BCUT2D eigenvalue weighted by molar-refractivity contribution is -0.0114. The van der Waals surface area contributed by atoms with Gasteiger partial charge >= 0.3 is 0 Å². The zero-order valence-electron chi connectivity index (χ0n) is 17.7. The van der Waals surface area contributed by atoms with Crippen LogP contribution in [0.1, 0.15) is 23.4 Å². The maximum absolute atomic E-state index is 14.8. The minimum absolute atomic E-state index is 0.153. The summed E-state index contributed by atoms with van der Waals surface area (Å²) in [5.41, 5.74) is 0.433. The van der Waals surface area contributed by atoms with E-state index in [0.717, 1.165) is 46.6 Å². The Balaban J connectivity index is 1.49. The third-order valence-electron chi connectivity index (χ3n) is 5.59. The third-order valence-corrected chi connectivity index (χ3v) is 6.99. The van der Waals surface area contributed by atoms with Crippen molar-refractivity contribution in [2.24, 2.45) is 0 Å². The molecular weight excluding hydrogens is 480 g/mol. The third kappa shape index (κ3) is 4.22. The molecule has 0 aliphatic heterocycles. The number of hydrogen-bond donors (Lipinski definition) is 1. The zero-order chi connectivity index (χ0) is 23.7. The quantitative estimate of drug-likeness (QED) is 0.358. The topological polar surface area (TPSA) is 102 Å². The molecule has 3 aromatic heterocycles. The van der Waals surface area contributed by atoms with Gasteiger partial charge in [-0.3, -0.25) is 0 Å². The van der Waals surface area contributed by atoms with E-state index in [0.29, 0.717) is 10.8 Å². The summed E-state index contributed by atoms with van der Waals surface area (Å²) in [5, 5.41) is 22.1. The number of aliphatic hydroxyl groups is 1. The van der Waals surface area contributed by atoms with Crippen LogP contribution in [-0.4, -0.2) is 38.8 Å². The molecule has 0 bridgehead atoms. The molecule has 8 nitrogen and oxygen atoms in total. The van der Waals surface area contributed by atoms with Crippen molar-refractivity contribution < 1.29 is 13.9 Å². The predicted molar refractivity (Wildman–Crippen MR) is 123 cm³/mol. The first-order valence-electron chi connectivity index (χ1n) is 10.2. The van der Waals surface area contributed by atoms with Gasteiger partial charge in [-0.25, -0.2) is 23.4 Å². The van der Waals surface area contributed by atoms with Gasteiger partial charge in [0, 0.05) is 28.0 Å². The Bertz CT molecular complexity index is 1390. The Morgan fingerprint density at radius 2 is 1.91 bits per heavy atom. The zero-order valence-corrected chi connectivity index (χ0v) is 19.3. The van der Waals surface area contributed by atoms with Gasteiger partial charge in [-0.1, -0.05) is 35.7 Å². The summed E-state index contributed by atoms with van der Waals surface area (Å²) >= 11 is 2.37. The van der Waals surface area contributed by atoms with E-state index in [2.05, 4.69) is 29.0 Å². The summed E-state index contributed by atoms with van der Waals surface area (Å²) in [6.07, 6.45) is 2.71. The second-order valence-electron chi connectivity index (χ2n) is 7.69. The fourth-order valence-electron chi connectivity index (χ4n) is 3.66. The Morgan fingerprint density at radius 3 is 2.62 bits per heavy atom. The van der Waals surface area contributed by atoms with E-state index in [1.54, 1.807) is 6.92 Å². The monoisotopic (exact) mass is 497 g/mol. The highest BCUT2D eigenvalue weighted by Gasteiger charge is 2.42. The molecule has 5 aromatic rings. The van der Waals surface area contributed by atoms with Crippen LogP contribution in [0.2, 0.25) is 0 Å². The van der Waals surface area contributed by atoms with Crippen LogP contribution in [0.4, 0.5) is 8.78 Å². The molecule has 3 heterocycles. The average Bonchev–Trinajstić information content (AvgIpc) is 3.63. The maximum atomic E-state index is 14.8. The summed E-state index contributed by atoms with van der Waals surface area (Å²) in [4.78, 5) is 8.49. The second kappa shape index (κ2) is 9.05. The number of rotatable bonds is 7. The molecule has 0 unspecified atom stereocenters. The molecule has 0 radical (unpaired) electrons. The lowest BCUT2D eigenvalue weighted by atomic mass is 9.82. The molecule has 0 aliphatic carbocycles. The highest BCUT2D eigenvalue weighted by Crippen LogP contribution is 2.41. The lowest BCUT2D eigenvalue weighted by Gasteiger charge is -2.33. The SMILES string of the molecule is C[C@@H](c1nc(-c2ccc(-c3csnn3)cc2)ns1)[C@](O)(Cn1cncn1)c1cc(F)ccc1F. The molecule has 2 aromatic carbocycles. The van der Waals surface area contributed by atoms with Gasteiger partial charge in [-0.15, -0.1) is 5.10 Å². The molecule has 0 aliphatic rings. The van der Waals surface area contributed by atoms with Crippen LogP contribution >= 0.6 is 23.1 Å². The molecular formula is C22H17F2N7OS2. The second-order valence-corrected chi connectivity index (χ2v) is 9.08. The summed E-state index contributed by atoms with van der Waals surface area (Å²) in [6.45, 7) is 1.55. The van der Waals surface area contributed by atoms with Crippen molar-refractivity contribution in [3.63, 3.8) is 0 Å². The van der Waals surface area contributed by atoms with Gasteiger partial charge in [0.15, 0.2) is 5.82 Å². The molecule has 0 saturated carbocycles. The number of benzene rings is 2. The van der Waals surface area contributed by atoms with Gasteiger partial charge in [0.05, 0.1) is 6.54 Å². The van der Waals surface area contributed by atoms with E-state index < -0.39 is 23.2 Å². The van der Waals surface area contributed by atoms with Gasteiger partial charge in [0.25, 0.3) is 0 Å². The number of halogens is 2. The van der Waals surface area contributed by atoms with Crippen LogP contribution in [-0.2, 0) is 12.1 Å². The van der Waals surface area contributed by atoms with Gasteiger partial charge < -0.3 is 5.11 Å². The van der Waals surface area contributed by atoms with E-state index in [1.807, 2.05) is 29.6 Å². The van der Waals surface area contributed by atoms with Crippen LogP contribution in [0, 0.1) is 11.6 Å².